The normalized spacial score (nSPS) is 17.2. The molecule has 19 heavy (non-hydrogen) atoms. The first-order valence-corrected chi connectivity index (χ1v) is 7.30. The summed E-state index contributed by atoms with van der Waals surface area (Å²) in [6, 6.07) is 4.04. The molecule has 1 fully saturated rings. The number of amides is 1. The molecule has 1 aliphatic heterocycles. The van der Waals surface area contributed by atoms with Crippen LogP contribution in [0.1, 0.15) is 38.2 Å². The van der Waals surface area contributed by atoms with Gasteiger partial charge in [0, 0.05) is 26.1 Å². The molecule has 1 aromatic heterocycles. The Morgan fingerprint density at radius 3 is 2.63 bits per heavy atom. The van der Waals surface area contributed by atoms with Crippen LogP contribution < -0.4 is 0 Å². The Hall–Kier alpha value is -1.29. The van der Waals surface area contributed by atoms with Crippen LogP contribution in [0.15, 0.2) is 16.5 Å². The van der Waals surface area contributed by atoms with E-state index in [0.717, 1.165) is 57.0 Å². The van der Waals surface area contributed by atoms with Crippen LogP contribution in [0, 0.1) is 0 Å². The Bertz CT molecular complexity index is 414. The van der Waals surface area contributed by atoms with Crippen molar-refractivity contribution in [1.82, 2.24) is 9.80 Å². The molecule has 0 atom stereocenters. The van der Waals surface area contributed by atoms with E-state index in [4.69, 9.17) is 4.42 Å². The number of rotatable bonds is 6. The highest BCUT2D eigenvalue weighted by molar-refractivity contribution is 5.79. The SMILES string of the molecule is CCCCN1CCN(Cc2ccc(CC)o2)CC1=O. The minimum absolute atomic E-state index is 0.252. The lowest BCUT2D eigenvalue weighted by Crippen LogP contribution is -2.50. The summed E-state index contributed by atoms with van der Waals surface area (Å²) in [5.74, 6) is 2.23. The maximum Gasteiger partial charge on any atom is 0.236 e. The van der Waals surface area contributed by atoms with Gasteiger partial charge in [-0.1, -0.05) is 20.3 Å². The predicted octanol–water partition coefficient (Wildman–Crippen LogP) is 2.29. The van der Waals surface area contributed by atoms with Crippen molar-refractivity contribution in [2.24, 2.45) is 0 Å². The van der Waals surface area contributed by atoms with Gasteiger partial charge in [-0.2, -0.15) is 0 Å². The molecule has 4 heteroatoms. The summed E-state index contributed by atoms with van der Waals surface area (Å²) in [5.41, 5.74) is 0. The highest BCUT2D eigenvalue weighted by Crippen LogP contribution is 2.13. The zero-order valence-corrected chi connectivity index (χ0v) is 12.0. The average molecular weight is 264 g/mol. The van der Waals surface area contributed by atoms with Crippen molar-refractivity contribution in [3.05, 3.63) is 23.7 Å². The summed E-state index contributed by atoms with van der Waals surface area (Å²) in [7, 11) is 0. The van der Waals surface area contributed by atoms with Crippen molar-refractivity contribution >= 4 is 5.91 Å². The largest absolute Gasteiger partial charge is 0.465 e. The van der Waals surface area contributed by atoms with Crippen LogP contribution in [0.4, 0.5) is 0 Å². The third-order valence-corrected chi connectivity index (χ3v) is 3.62. The number of unbranched alkanes of at least 4 members (excludes halogenated alkanes) is 1. The fourth-order valence-electron chi connectivity index (χ4n) is 2.40. The number of aryl methyl sites for hydroxylation is 1. The summed E-state index contributed by atoms with van der Waals surface area (Å²) < 4.78 is 5.70. The molecule has 1 aliphatic rings. The molecule has 1 amide bonds. The van der Waals surface area contributed by atoms with Crippen LogP contribution in [0.2, 0.25) is 0 Å². The summed E-state index contributed by atoms with van der Waals surface area (Å²) in [6.07, 6.45) is 3.16. The lowest BCUT2D eigenvalue weighted by molar-refractivity contribution is -0.136. The molecule has 0 bridgehead atoms. The third-order valence-electron chi connectivity index (χ3n) is 3.62. The molecule has 1 saturated heterocycles. The lowest BCUT2D eigenvalue weighted by atomic mass is 10.2. The van der Waals surface area contributed by atoms with Crippen LogP contribution in [0.25, 0.3) is 0 Å². The van der Waals surface area contributed by atoms with E-state index in [1.807, 2.05) is 17.0 Å². The maximum absolute atomic E-state index is 12.0. The van der Waals surface area contributed by atoms with Crippen molar-refractivity contribution < 1.29 is 9.21 Å². The highest BCUT2D eigenvalue weighted by Gasteiger charge is 2.23. The van der Waals surface area contributed by atoms with Gasteiger partial charge in [0.05, 0.1) is 13.1 Å². The Kier molecular flexibility index (Phi) is 5.02. The van der Waals surface area contributed by atoms with E-state index in [0.29, 0.717) is 6.54 Å². The van der Waals surface area contributed by atoms with Gasteiger partial charge in [-0.3, -0.25) is 9.69 Å². The second kappa shape index (κ2) is 6.75. The van der Waals surface area contributed by atoms with Crippen LogP contribution in [-0.2, 0) is 17.8 Å². The zero-order chi connectivity index (χ0) is 13.7. The highest BCUT2D eigenvalue weighted by atomic mass is 16.3. The Morgan fingerprint density at radius 2 is 2.00 bits per heavy atom. The maximum atomic E-state index is 12.0. The third kappa shape index (κ3) is 3.83. The quantitative estimate of drug-likeness (QED) is 0.791. The number of piperazine rings is 1. The molecule has 2 heterocycles. The van der Waals surface area contributed by atoms with E-state index >= 15 is 0 Å². The topological polar surface area (TPSA) is 36.7 Å². The van der Waals surface area contributed by atoms with Gasteiger partial charge in [0.2, 0.25) is 5.91 Å². The number of hydrogen-bond donors (Lipinski definition) is 0. The first-order valence-electron chi connectivity index (χ1n) is 7.30. The number of carbonyl (C=O) groups is 1. The zero-order valence-electron chi connectivity index (χ0n) is 12.0. The van der Waals surface area contributed by atoms with Gasteiger partial charge in [-0.05, 0) is 18.6 Å². The van der Waals surface area contributed by atoms with E-state index in [9.17, 15) is 4.79 Å². The molecule has 0 N–H and O–H groups in total. The van der Waals surface area contributed by atoms with Gasteiger partial charge in [-0.25, -0.2) is 0 Å². The molecule has 4 nitrogen and oxygen atoms in total. The van der Waals surface area contributed by atoms with Gasteiger partial charge >= 0.3 is 0 Å². The monoisotopic (exact) mass is 264 g/mol. The molecule has 0 radical (unpaired) electrons. The van der Waals surface area contributed by atoms with Crippen LogP contribution in [0.3, 0.4) is 0 Å². The fourth-order valence-corrected chi connectivity index (χ4v) is 2.40. The fraction of sp³-hybridized carbons (Fsp3) is 0.667. The van der Waals surface area contributed by atoms with Crippen LogP contribution >= 0.6 is 0 Å². The molecule has 2 rings (SSSR count). The molecule has 0 unspecified atom stereocenters. The van der Waals surface area contributed by atoms with E-state index in [1.165, 1.54) is 0 Å². The number of hydrogen-bond acceptors (Lipinski definition) is 3. The molecule has 1 aromatic rings. The minimum atomic E-state index is 0.252. The molecular formula is C15H24N2O2. The second-order valence-corrected chi connectivity index (χ2v) is 5.17. The number of furan rings is 1. The first-order chi connectivity index (χ1) is 9.22. The summed E-state index contributed by atoms with van der Waals surface area (Å²) in [4.78, 5) is 16.2. The Morgan fingerprint density at radius 1 is 1.21 bits per heavy atom. The molecule has 0 aliphatic carbocycles. The molecular weight excluding hydrogens is 240 g/mol. The van der Waals surface area contributed by atoms with Gasteiger partial charge in [-0.15, -0.1) is 0 Å². The Labute approximate surface area is 115 Å². The van der Waals surface area contributed by atoms with E-state index < -0.39 is 0 Å². The van der Waals surface area contributed by atoms with Crippen molar-refractivity contribution in [3.63, 3.8) is 0 Å². The van der Waals surface area contributed by atoms with Crippen LogP contribution in [-0.4, -0.2) is 41.9 Å². The summed E-state index contributed by atoms with van der Waals surface area (Å²) >= 11 is 0. The lowest BCUT2D eigenvalue weighted by Gasteiger charge is -2.33. The van der Waals surface area contributed by atoms with Crippen LogP contribution in [0.5, 0.6) is 0 Å². The second-order valence-electron chi connectivity index (χ2n) is 5.17. The van der Waals surface area contributed by atoms with Crippen molar-refractivity contribution in [3.8, 4) is 0 Å². The standard InChI is InChI=1S/C15H24N2O2/c1-3-5-8-17-10-9-16(12-15(17)18)11-14-7-6-13(4-2)19-14/h6-7H,3-5,8-12H2,1-2H3. The number of carbonyl (C=O) groups excluding carboxylic acids is 1. The predicted molar refractivity (Wildman–Crippen MR) is 74.9 cm³/mol. The summed E-state index contributed by atoms with van der Waals surface area (Å²) in [5, 5.41) is 0. The molecule has 106 valence electrons. The van der Waals surface area contributed by atoms with E-state index in [1.54, 1.807) is 0 Å². The molecule has 0 spiro atoms. The van der Waals surface area contributed by atoms with Gasteiger partial charge in [0.25, 0.3) is 0 Å². The average Bonchev–Trinajstić information content (AvgIpc) is 2.85. The molecule has 0 saturated carbocycles. The molecule has 0 aromatic carbocycles. The van der Waals surface area contributed by atoms with Gasteiger partial charge in [0.1, 0.15) is 11.5 Å². The smallest absolute Gasteiger partial charge is 0.236 e. The van der Waals surface area contributed by atoms with E-state index in [2.05, 4.69) is 18.7 Å². The van der Waals surface area contributed by atoms with Crippen molar-refractivity contribution in [1.29, 1.82) is 0 Å². The van der Waals surface area contributed by atoms with Gasteiger partial charge in [0.15, 0.2) is 0 Å². The minimum Gasteiger partial charge on any atom is -0.465 e. The number of nitrogens with zero attached hydrogens (tertiary/aromatic N) is 2. The first kappa shape index (κ1) is 14.1. The van der Waals surface area contributed by atoms with Crippen molar-refractivity contribution in [2.45, 2.75) is 39.7 Å². The van der Waals surface area contributed by atoms with E-state index in [-0.39, 0.29) is 5.91 Å². The van der Waals surface area contributed by atoms with Gasteiger partial charge < -0.3 is 9.32 Å². The Balaban J connectivity index is 1.82. The summed E-state index contributed by atoms with van der Waals surface area (Å²) in [6.45, 7) is 8.20. The van der Waals surface area contributed by atoms with Crippen molar-refractivity contribution in [2.75, 3.05) is 26.2 Å².